The van der Waals surface area contributed by atoms with E-state index < -0.39 is 18.3 Å². The largest absolute Gasteiger partial charge is 0.388 e. The number of rotatable bonds is 11. The van der Waals surface area contributed by atoms with Crippen molar-refractivity contribution in [1.29, 1.82) is 0 Å². The summed E-state index contributed by atoms with van der Waals surface area (Å²) >= 11 is 0. The summed E-state index contributed by atoms with van der Waals surface area (Å²) in [6, 6.07) is 0. The van der Waals surface area contributed by atoms with Crippen LogP contribution in [0.4, 0.5) is 0 Å². The van der Waals surface area contributed by atoms with Crippen LogP contribution in [0.25, 0.3) is 0 Å². The number of ether oxygens (including phenoxy) is 2. The summed E-state index contributed by atoms with van der Waals surface area (Å²) in [5.41, 5.74) is 0.126. The van der Waals surface area contributed by atoms with Gasteiger partial charge in [-0.1, -0.05) is 54.4 Å². The van der Waals surface area contributed by atoms with Crippen molar-refractivity contribution in [2.24, 2.45) is 17.3 Å². The van der Waals surface area contributed by atoms with E-state index in [1.165, 1.54) is 6.42 Å². The molecule has 2 N–H and O–H groups in total. The number of aliphatic hydroxyl groups is 2. The second-order valence-electron chi connectivity index (χ2n) is 8.23. The SMILES string of the molecule is CCC(C)CC(OCC1OCC(O)C1O)C(C)(CC)CC(C)CC. The Labute approximate surface area is 148 Å². The lowest BCUT2D eigenvalue weighted by Crippen LogP contribution is -2.41. The summed E-state index contributed by atoms with van der Waals surface area (Å²) in [7, 11) is 0. The van der Waals surface area contributed by atoms with Gasteiger partial charge in [-0.15, -0.1) is 0 Å². The molecule has 7 atom stereocenters. The smallest absolute Gasteiger partial charge is 0.110 e. The first-order chi connectivity index (χ1) is 11.3. The molecule has 0 bridgehead atoms. The first-order valence-corrected chi connectivity index (χ1v) is 9.86. The van der Waals surface area contributed by atoms with E-state index in [1.807, 2.05) is 0 Å². The Balaban J connectivity index is 2.77. The molecule has 1 rings (SSSR count). The van der Waals surface area contributed by atoms with Gasteiger partial charge in [0.1, 0.15) is 18.3 Å². The zero-order chi connectivity index (χ0) is 18.3. The third-order valence-electron chi connectivity index (χ3n) is 6.13. The van der Waals surface area contributed by atoms with Crippen LogP contribution in [0.15, 0.2) is 0 Å². The van der Waals surface area contributed by atoms with Crippen LogP contribution in [0.5, 0.6) is 0 Å². The Morgan fingerprint density at radius 3 is 2.21 bits per heavy atom. The Bertz CT molecular complexity index is 349. The second-order valence-corrected chi connectivity index (χ2v) is 8.23. The highest BCUT2D eigenvalue weighted by atomic mass is 16.6. The van der Waals surface area contributed by atoms with Crippen molar-refractivity contribution >= 4 is 0 Å². The summed E-state index contributed by atoms with van der Waals surface area (Å²) in [4.78, 5) is 0. The third kappa shape index (κ3) is 5.98. The fourth-order valence-corrected chi connectivity index (χ4v) is 3.55. The number of aliphatic hydroxyl groups excluding tert-OH is 2. The van der Waals surface area contributed by atoms with Crippen LogP contribution in [0.3, 0.4) is 0 Å². The number of hydrogen-bond donors (Lipinski definition) is 2. The van der Waals surface area contributed by atoms with Crippen molar-refractivity contribution in [2.75, 3.05) is 13.2 Å². The van der Waals surface area contributed by atoms with E-state index in [4.69, 9.17) is 9.47 Å². The quantitative estimate of drug-likeness (QED) is 0.599. The highest BCUT2D eigenvalue weighted by molar-refractivity contribution is 4.87. The predicted molar refractivity (Wildman–Crippen MR) is 98.0 cm³/mol. The predicted octanol–water partition coefficient (Wildman–Crippen LogP) is 3.78. The van der Waals surface area contributed by atoms with Gasteiger partial charge in [-0.3, -0.25) is 0 Å². The fraction of sp³-hybridized carbons (Fsp3) is 1.00. The lowest BCUT2D eigenvalue weighted by Gasteiger charge is -2.40. The van der Waals surface area contributed by atoms with Gasteiger partial charge in [-0.05, 0) is 36.5 Å². The van der Waals surface area contributed by atoms with Gasteiger partial charge in [-0.25, -0.2) is 0 Å². The summed E-state index contributed by atoms with van der Waals surface area (Å²) in [5, 5.41) is 19.6. The molecule has 0 aromatic carbocycles. The first-order valence-electron chi connectivity index (χ1n) is 9.86. The molecule has 0 amide bonds. The van der Waals surface area contributed by atoms with E-state index in [2.05, 4.69) is 41.5 Å². The Morgan fingerprint density at radius 1 is 1.12 bits per heavy atom. The molecule has 1 fully saturated rings. The summed E-state index contributed by atoms with van der Waals surface area (Å²) in [6.45, 7) is 14.2. The molecule has 1 saturated heterocycles. The normalized spacial score (nSPS) is 30.8. The molecule has 7 unspecified atom stereocenters. The van der Waals surface area contributed by atoms with Gasteiger partial charge in [0.05, 0.1) is 19.3 Å². The van der Waals surface area contributed by atoms with Crippen molar-refractivity contribution in [3.05, 3.63) is 0 Å². The minimum atomic E-state index is -0.836. The Hall–Kier alpha value is -0.160. The van der Waals surface area contributed by atoms with Crippen molar-refractivity contribution in [3.63, 3.8) is 0 Å². The maximum atomic E-state index is 9.99. The van der Waals surface area contributed by atoms with Gasteiger partial charge in [-0.2, -0.15) is 0 Å². The van der Waals surface area contributed by atoms with Gasteiger partial charge in [0.15, 0.2) is 0 Å². The van der Waals surface area contributed by atoms with Gasteiger partial charge < -0.3 is 19.7 Å². The third-order valence-corrected chi connectivity index (χ3v) is 6.13. The molecular weight excluding hydrogens is 304 g/mol. The van der Waals surface area contributed by atoms with Crippen LogP contribution in [-0.4, -0.2) is 47.8 Å². The molecule has 0 aliphatic carbocycles. The number of hydrogen-bond acceptors (Lipinski definition) is 4. The average Bonchev–Trinajstić information content (AvgIpc) is 2.89. The van der Waals surface area contributed by atoms with Crippen LogP contribution in [-0.2, 0) is 9.47 Å². The molecule has 0 saturated carbocycles. The highest BCUT2D eigenvalue weighted by Crippen LogP contribution is 2.39. The van der Waals surface area contributed by atoms with E-state index >= 15 is 0 Å². The van der Waals surface area contributed by atoms with Crippen LogP contribution >= 0.6 is 0 Å². The molecule has 1 aliphatic rings. The van der Waals surface area contributed by atoms with E-state index in [0.29, 0.717) is 18.4 Å². The standard InChI is InChI=1S/C20H40O4/c1-7-14(4)10-18(20(6,9-3)11-15(5)8-2)24-13-17-19(22)16(21)12-23-17/h14-19,21-22H,7-13H2,1-6H3. The molecule has 1 aliphatic heterocycles. The molecule has 4 heteroatoms. The van der Waals surface area contributed by atoms with Crippen LogP contribution < -0.4 is 0 Å². The molecule has 4 nitrogen and oxygen atoms in total. The zero-order valence-electron chi connectivity index (χ0n) is 16.6. The maximum absolute atomic E-state index is 9.99. The molecule has 0 aromatic rings. The second kappa shape index (κ2) is 10.1. The average molecular weight is 345 g/mol. The Morgan fingerprint density at radius 2 is 1.75 bits per heavy atom. The van der Waals surface area contributed by atoms with Crippen molar-refractivity contribution < 1.29 is 19.7 Å². The topological polar surface area (TPSA) is 58.9 Å². The monoisotopic (exact) mass is 344 g/mol. The van der Waals surface area contributed by atoms with Crippen molar-refractivity contribution in [2.45, 2.75) is 98.1 Å². The zero-order valence-corrected chi connectivity index (χ0v) is 16.6. The van der Waals surface area contributed by atoms with Crippen LogP contribution in [0.2, 0.25) is 0 Å². The molecular formula is C20H40O4. The lowest BCUT2D eigenvalue weighted by molar-refractivity contribution is -0.103. The van der Waals surface area contributed by atoms with Crippen molar-refractivity contribution in [1.82, 2.24) is 0 Å². The van der Waals surface area contributed by atoms with Crippen molar-refractivity contribution in [3.8, 4) is 0 Å². The summed E-state index contributed by atoms with van der Waals surface area (Å²) in [6.07, 6.45) is 3.70. The van der Waals surface area contributed by atoms with E-state index in [0.717, 1.165) is 25.7 Å². The molecule has 24 heavy (non-hydrogen) atoms. The van der Waals surface area contributed by atoms with Crippen LogP contribution in [0, 0.1) is 17.3 Å². The fourth-order valence-electron chi connectivity index (χ4n) is 3.55. The minimum Gasteiger partial charge on any atom is -0.388 e. The highest BCUT2D eigenvalue weighted by Gasteiger charge is 2.39. The summed E-state index contributed by atoms with van der Waals surface area (Å²) in [5.74, 6) is 1.28. The molecule has 0 aromatic heterocycles. The van der Waals surface area contributed by atoms with Gasteiger partial charge in [0.2, 0.25) is 0 Å². The molecule has 0 radical (unpaired) electrons. The summed E-state index contributed by atoms with van der Waals surface area (Å²) < 4.78 is 11.8. The van der Waals surface area contributed by atoms with Gasteiger partial charge >= 0.3 is 0 Å². The van der Waals surface area contributed by atoms with Gasteiger partial charge in [0, 0.05) is 0 Å². The molecule has 0 spiro atoms. The van der Waals surface area contributed by atoms with Gasteiger partial charge in [0.25, 0.3) is 0 Å². The lowest BCUT2D eigenvalue weighted by atomic mass is 9.71. The van der Waals surface area contributed by atoms with E-state index in [1.54, 1.807) is 0 Å². The maximum Gasteiger partial charge on any atom is 0.110 e. The van der Waals surface area contributed by atoms with E-state index in [-0.39, 0.29) is 18.1 Å². The van der Waals surface area contributed by atoms with E-state index in [9.17, 15) is 10.2 Å². The minimum absolute atomic E-state index is 0.126. The first kappa shape index (κ1) is 21.9. The Kier molecular flexibility index (Phi) is 9.21. The molecule has 1 heterocycles. The van der Waals surface area contributed by atoms with Crippen LogP contribution in [0.1, 0.15) is 73.6 Å². The molecule has 144 valence electrons.